The van der Waals surface area contributed by atoms with Crippen LogP contribution in [0.5, 0.6) is 0 Å². The van der Waals surface area contributed by atoms with Crippen LogP contribution in [0.2, 0.25) is 0 Å². The molecule has 2 heteroatoms. The van der Waals surface area contributed by atoms with Gasteiger partial charge in [-0.15, -0.1) is 0 Å². The molecule has 0 aromatic carbocycles. The Balaban J connectivity index is 3.50. The fourth-order valence-electron chi connectivity index (χ4n) is 1.09. The molecule has 2 nitrogen and oxygen atoms in total. The van der Waals surface area contributed by atoms with Gasteiger partial charge in [0.05, 0.1) is 12.5 Å². The van der Waals surface area contributed by atoms with Gasteiger partial charge in [-0.3, -0.25) is 4.79 Å². The Morgan fingerprint density at radius 2 is 1.85 bits per heavy atom. The highest BCUT2D eigenvalue weighted by molar-refractivity contribution is 5.71. The second kappa shape index (κ2) is 6.93. The lowest BCUT2D eigenvalue weighted by molar-refractivity contribution is -0.148. The summed E-state index contributed by atoms with van der Waals surface area (Å²) >= 11 is 0. The van der Waals surface area contributed by atoms with Crippen molar-refractivity contribution in [3.63, 3.8) is 0 Å². The summed E-state index contributed by atoms with van der Waals surface area (Å²) in [5.41, 5.74) is 0. The van der Waals surface area contributed by atoms with Crippen LogP contribution in [0.4, 0.5) is 0 Å². The minimum atomic E-state index is -0.0394. The molecule has 0 aliphatic heterocycles. The van der Waals surface area contributed by atoms with Crippen molar-refractivity contribution in [2.45, 2.75) is 47.0 Å². The molecule has 0 saturated heterocycles. The second-order valence-corrected chi connectivity index (χ2v) is 4.04. The molecule has 0 bridgehead atoms. The van der Waals surface area contributed by atoms with Crippen LogP contribution in [0, 0.1) is 11.8 Å². The molecular weight excluding hydrogens is 164 g/mol. The fraction of sp³-hybridized carbons (Fsp3) is 0.909. The van der Waals surface area contributed by atoms with Gasteiger partial charge in [-0.25, -0.2) is 0 Å². The number of carbonyl (C=O) groups excluding carboxylic acids is 1. The van der Waals surface area contributed by atoms with Gasteiger partial charge in [0.25, 0.3) is 0 Å². The first-order valence-corrected chi connectivity index (χ1v) is 5.24. The van der Waals surface area contributed by atoms with Gasteiger partial charge in [0.2, 0.25) is 0 Å². The van der Waals surface area contributed by atoms with Crippen molar-refractivity contribution in [3.8, 4) is 0 Å². The molecule has 78 valence electrons. The summed E-state index contributed by atoms with van der Waals surface area (Å²) < 4.78 is 5.13. The van der Waals surface area contributed by atoms with Crippen molar-refractivity contribution in [1.82, 2.24) is 0 Å². The highest BCUT2D eigenvalue weighted by Crippen LogP contribution is 2.08. The third kappa shape index (κ3) is 6.62. The first-order chi connectivity index (χ1) is 6.07. The average Bonchev–Trinajstić information content (AvgIpc) is 2.04. The summed E-state index contributed by atoms with van der Waals surface area (Å²) in [4.78, 5) is 11.3. The van der Waals surface area contributed by atoms with Crippen LogP contribution in [-0.4, -0.2) is 12.6 Å². The third-order valence-corrected chi connectivity index (χ3v) is 2.06. The lowest BCUT2D eigenvalue weighted by Crippen LogP contribution is -2.15. The van der Waals surface area contributed by atoms with Gasteiger partial charge in [0.1, 0.15) is 0 Å². The second-order valence-electron chi connectivity index (χ2n) is 4.04. The standard InChI is InChI=1S/C11H22O2/c1-5-6-10(4)11(12)13-8-7-9(2)3/h9-10H,5-8H2,1-4H3. The molecular formula is C11H22O2. The topological polar surface area (TPSA) is 26.3 Å². The highest BCUT2D eigenvalue weighted by atomic mass is 16.5. The first-order valence-electron chi connectivity index (χ1n) is 5.24. The number of rotatable bonds is 6. The van der Waals surface area contributed by atoms with Crippen molar-refractivity contribution >= 4 is 5.97 Å². The van der Waals surface area contributed by atoms with E-state index >= 15 is 0 Å². The van der Waals surface area contributed by atoms with Crippen LogP contribution >= 0.6 is 0 Å². The van der Waals surface area contributed by atoms with Crippen LogP contribution in [0.15, 0.2) is 0 Å². The van der Waals surface area contributed by atoms with Crippen LogP contribution < -0.4 is 0 Å². The van der Waals surface area contributed by atoms with Crippen molar-refractivity contribution < 1.29 is 9.53 Å². The monoisotopic (exact) mass is 186 g/mol. The number of hydrogen-bond acceptors (Lipinski definition) is 2. The minimum Gasteiger partial charge on any atom is -0.465 e. The van der Waals surface area contributed by atoms with E-state index in [0.29, 0.717) is 12.5 Å². The molecule has 0 rings (SSSR count). The molecule has 0 radical (unpaired) electrons. The number of esters is 1. The minimum absolute atomic E-state index is 0.0394. The van der Waals surface area contributed by atoms with E-state index in [2.05, 4.69) is 20.8 Å². The van der Waals surface area contributed by atoms with Crippen molar-refractivity contribution in [1.29, 1.82) is 0 Å². The summed E-state index contributed by atoms with van der Waals surface area (Å²) in [6.07, 6.45) is 2.94. The van der Waals surface area contributed by atoms with Crippen LogP contribution in [0.1, 0.15) is 47.0 Å². The van der Waals surface area contributed by atoms with Crippen molar-refractivity contribution in [2.75, 3.05) is 6.61 Å². The van der Waals surface area contributed by atoms with Gasteiger partial charge < -0.3 is 4.74 Å². The van der Waals surface area contributed by atoms with Gasteiger partial charge in [-0.05, 0) is 18.8 Å². The number of carbonyl (C=O) groups is 1. The van der Waals surface area contributed by atoms with Crippen LogP contribution in [0.3, 0.4) is 0 Å². The fourth-order valence-corrected chi connectivity index (χ4v) is 1.09. The van der Waals surface area contributed by atoms with Crippen molar-refractivity contribution in [3.05, 3.63) is 0 Å². The zero-order chi connectivity index (χ0) is 10.3. The van der Waals surface area contributed by atoms with Gasteiger partial charge in [-0.2, -0.15) is 0 Å². The van der Waals surface area contributed by atoms with E-state index in [0.717, 1.165) is 19.3 Å². The van der Waals surface area contributed by atoms with E-state index < -0.39 is 0 Å². The summed E-state index contributed by atoms with van der Waals surface area (Å²) in [6, 6.07) is 0. The van der Waals surface area contributed by atoms with E-state index in [4.69, 9.17) is 4.74 Å². The predicted molar refractivity (Wildman–Crippen MR) is 54.5 cm³/mol. The Bertz CT molecular complexity index is 141. The molecule has 0 N–H and O–H groups in total. The largest absolute Gasteiger partial charge is 0.465 e. The molecule has 0 aromatic heterocycles. The molecule has 1 atom stereocenters. The lowest BCUT2D eigenvalue weighted by atomic mass is 10.1. The molecule has 13 heavy (non-hydrogen) atoms. The van der Waals surface area contributed by atoms with E-state index in [-0.39, 0.29) is 11.9 Å². The Labute approximate surface area is 81.7 Å². The molecule has 0 aliphatic carbocycles. The molecule has 0 fully saturated rings. The smallest absolute Gasteiger partial charge is 0.308 e. The number of ether oxygens (including phenoxy) is 1. The SMILES string of the molecule is CCCC(C)C(=O)OCCC(C)C. The molecule has 0 spiro atoms. The number of hydrogen-bond donors (Lipinski definition) is 0. The maximum atomic E-state index is 11.3. The van der Waals surface area contributed by atoms with E-state index in [9.17, 15) is 4.79 Å². The summed E-state index contributed by atoms with van der Waals surface area (Å²) in [5.74, 6) is 0.633. The van der Waals surface area contributed by atoms with E-state index in [1.807, 2.05) is 6.92 Å². The van der Waals surface area contributed by atoms with E-state index in [1.54, 1.807) is 0 Å². The maximum Gasteiger partial charge on any atom is 0.308 e. The Kier molecular flexibility index (Phi) is 6.65. The lowest BCUT2D eigenvalue weighted by Gasteiger charge is -2.11. The molecule has 0 aliphatic rings. The Hall–Kier alpha value is -0.530. The zero-order valence-corrected chi connectivity index (χ0v) is 9.30. The van der Waals surface area contributed by atoms with Crippen LogP contribution in [0.25, 0.3) is 0 Å². The quantitative estimate of drug-likeness (QED) is 0.596. The molecule has 0 saturated carbocycles. The van der Waals surface area contributed by atoms with Crippen molar-refractivity contribution in [2.24, 2.45) is 11.8 Å². The van der Waals surface area contributed by atoms with Gasteiger partial charge >= 0.3 is 5.97 Å². The van der Waals surface area contributed by atoms with Gasteiger partial charge in [0, 0.05) is 0 Å². The summed E-state index contributed by atoms with van der Waals surface area (Å²) in [6.45, 7) is 8.84. The van der Waals surface area contributed by atoms with Gasteiger partial charge in [0.15, 0.2) is 0 Å². The van der Waals surface area contributed by atoms with E-state index in [1.165, 1.54) is 0 Å². The van der Waals surface area contributed by atoms with Gasteiger partial charge in [-0.1, -0.05) is 34.1 Å². The average molecular weight is 186 g/mol. The molecule has 0 aromatic rings. The maximum absolute atomic E-state index is 11.3. The molecule has 0 heterocycles. The normalized spacial score (nSPS) is 13.0. The Morgan fingerprint density at radius 3 is 2.31 bits per heavy atom. The first kappa shape index (κ1) is 12.5. The third-order valence-electron chi connectivity index (χ3n) is 2.06. The molecule has 0 amide bonds. The Morgan fingerprint density at radius 1 is 1.23 bits per heavy atom. The predicted octanol–water partition coefficient (Wildman–Crippen LogP) is 3.01. The highest BCUT2D eigenvalue weighted by Gasteiger charge is 2.12. The summed E-state index contributed by atoms with van der Waals surface area (Å²) in [5, 5.41) is 0. The summed E-state index contributed by atoms with van der Waals surface area (Å²) in [7, 11) is 0. The zero-order valence-electron chi connectivity index (χ0n) is 9.30. The molecule has 1 unspecified atom stereocenters. The van der Waals surface area contributed by atoms with Crippen LogP contribution in [-0.2, 0) is 9.53 Å².